The van der Waals surface area contributed by atoms with Gasteiger partial charge in [0.25, 0.3) is 5.91 Å². The molecule has 1 saturated carbocycles. The molecule has 2 atom stereocenters. The van der Waals surface area contributed by atoms with E-state index in [1.165, 1.54) is 0 Å². The molecule has 7 nitrogen and oxygen atoms in total. The summed E-state index contributed by atoms with van der Waals surface area (Å²) in [5.74, 6) is 0.735. The molecule has 3 saturated heterocycles. The number of amides is 4. The summed E-state index contributed by atoms with van der Waals surface area (Å²) in [7, 11) is 0. The summed E-state index contributed by atoms with van der Waals surface area (Å²) in [6.07, 6.45) is 3.30. The summed E-state index contributed by atoms with van der Waals surface area (Å²) in [5, 5.41) is 6.16. The molecule has 22 heavy (non-hydrogen) atoms. The zero-order valence-electron chi connectivity index (χ0n) is 12.6. The van der Waals surface area contributed by atoms with E-state index in [0.717, 1.165) is 43.9 Å². The Kier molecular flexibility index (Phi) is 3.14. The molecule has 3 heterocycles. The summed E-state index contributed by atoms with van der Waals surface area (Å²) >= 11 is 0. The Labute approximate surface area is 129 Å². The van der Waals surface area contributed by atoms with E-state index in [9.17, 15) is 14.4 Å². The SMILES string of the molecule is O=C(CN1C(=O)NC2(CCCC2)C1=O)N1C[C@H]2CNC[C@H]2C1. The predicted molar refractivity (Wildman–Crippen MR) is 77.9 cm³/mol. The molecule has 4 fully saturated rings. The molecule has 0 unspecified atom stereocenters. The van der Waals surface area contributed by atoms with Crippen LogP contribution in [0, 0.1) is 11.8 Å². The van der Waals surface area contributed by atoms with Crippen LogP contribution >= 0.6 is 0 Å². The third-order valence-electron chi connectivity index (χ3n) is 5.74. The molecule has 0 radical (unpaired) electrons. The van der Waals surface area contributed by atoms with Crippen LogP contribution in [-0.2, 0) is 9.59 Å². The summed E-state index contributed by atoms with van der Waals surface area (Å²) < 4.78 is 0. The van der Waals surface area contributed by atoms with Gasteiger partial charge in [0.15, 0.2) is 0 Å². The van der Waals surface area contributed by atoms with Gasteiger partial charge < -0.3 is 15.5 Å². The van der Waals surface area contributed by atoms with E-state index in [0.29, 0.717) is 24.7 Å². The minimum atomic E-state index is -0.719. The Morgan fingerprint density at radius 1 is 1.14 bits per heavy atom. The minimum absolute atomic E-state index is 0.104. The van der Waals surface area contributed by atoms with Crippen LogP contribution in [0.2, 0.25) is 0 Å². The molecule has 120 valence electrons. The van der Waals surface area contributed by atoms with Gasteiger partial charge in [0, 0.05) is 26.2 Å². The first-order valence-electron chi connectivity index (χ1n) is 8.22. The van der Waals surface area contributed by atoms with Crippen molar-refractivity contribution in [3.05, 3.63) is 0 Å². The monoisotopic (exact) mass is 306 g/mol. The van der Waals surface area contributed by atoms with Crippen LogP contribution in [0.3, 0.4) is 0 Å². The van der Waals surface area contributed by atoms with Crippen LogP contribution < -0.4 is 10.6 Å². The number of fused-ring (bicyclic) bond motifs is 1. The van der Waals surface area contributed by atoms with Crippen molar-refractivity contribution in [3.63, 3.8) is 0 Å². The van der Waals surface area contributed by atoms with Gasteiger partial charge in [0.2, 0.25) is 5.91 Å². The fourth-order valence-corrected chi connectivity index (χ4v) is 4.43. The van der Waals surface area contributed by atoms with Gasteiger partial charge >= 0.3 is 6.03 Å². The molecule has 1 aliphatic carbocycles. The second kappa shape index (κ2) is 4.94. The van der Waals surface area contributed by atoms with Crippen molar-refractivity contribution < 1.29 is 14.4 Å². The fourth-order valence-electron chi connectivity index (χ4n) is 4.43. The van der Waals surface area contributed by atoms with Crippen LogP contribution in [0.15, 0.2) is 0 Å². The molecule has 1 spiro atoms. The van der Waals surface area contributed by atoms with Gasteiger partial charge in [-0.3, -0.25) is 14.5 Å². The highest BCUT2D eigenvalue weighted by atomic mass is 16.2. The Morgan fingerprint density at radius 3 is 2.41 bits per heavy atom. The van der Waals surface area contributed by atoms with E-state index in [1.54, 1.807) is 0 Å². The third kappa shape index (κ3) is 2.02. The van der Waals surface area contributed by atoms with E-state index in [1.807, 2.05) is 4.90 Å². The Morgan fingerprint density at radius 2 is 1.77 bits per heavy atom. The number of nitrogens with one attached hydrogen (secondary N) is 2. The molecule has 4 amide bonds. The number of urea groups is 1. The van der Waals surface area contributed by atoms with Crippen LogP contribution in [0.1, 0.15) is 25.7 Å². The van der Waals surface area contributed by atoms with E-state index in [-0.39, 0.29) is 18.4 Å². The normalized spacial score (nSPS) is 32.9. The quantitative estimate of drug-likeness (QED) is 0.676. The van der Waals surface area contributed by atoms with Gasteiger partial charge in [-0.25, -0.2) is 4.79 Å². The highest BCUT2D eigenvalue weighted by Gasteiger charge is 2.53. The molecule has 4 rings (SSSR count). The van der Waals surface area contributed by atoms with Gasteiger partial charge in [0.1, 0.15) is 12.1 Å². The topological polar surface area (TPSA) is 81.8 Å². The van der Waals surface area contributed by atoms with Crippen molar-refractivity contribution >= 4 is 17.8 Å². The maximum Gasteiger partial charge on any atom is 0.325 e. The third-order valence-corrected chi connectivity index (χ3v) is 5.74. The zero-order valence-corrected chi connectivity index (χ0v) is 12.6. The molecule has 4 aliphatic rings. The lowest BCUT2D eigenvalue weighted by molar-refractivity contribution is -0.138. The van der Waals surface area contributed by atoms with Gasteiger partial charge in [-0.05, 0) is 24.7 Å². The van der Waals surface area contributed by atoms with Gasteiger partial charge in [-0.2, -0.15) is 0 Å². The molecule has 0 aromatic rings. The van der Waals surface area contributed by atoms with Crippen molar-refractivity contribution in [3.8, 4) is 0 Å². The van der Waals surface area contributed by atoms with Gasteiger partial charge in [-0.1, -0.05) is 12.8 Å². The molecule has 0 aromatic heterocycles. The lowest BCUT2D eigenvalue weighted by Gasteiger charge is -2.22. The molecule has 2 N–H and O–H groups in total. The van der Waals surface area contributed by atoms with E-state index in [4.69, 9.17) is 0 Å². The van der Waals surface area contributed by atoms with Crippen molar-refractivity contribution in [1.82, 2.24) is 20.4 Å². The lowest BCUT2D eigenvalue weighted by atomic mass is 9.98. The number of hydrogen-bond donors (Lipinski definition) is 2. The van der Waals surface area contributed by atoms with E-state index >= 15 is 0 Å². The number of imide groups is 1. The maximum absolute atomic E-state index is 12.5. The fraction of sp³-hybridized carbons (Fsp3) is 0.800. The Balaban J connectivity index is 1.42. The summed E-state index contributed by atoms with van der Waals surface area (Å²) in [6.45, 7) is 3.29. The first-order valence-corrected chi connectivity index (χ1v) is 8.22. The average molecular weight is 306 g/mol. The Bertz CT molecular complexity index is 517. The molecule has 3 aliphatic heterocycles. The largest absolute Gasteiger partial charge is 0.340 e. The average Bonchev–Trinajstić information content (AvgIpc) is 3.20. The van der Waals surface area contributed by atoms with Crippen LogP contribution in [0.25, 0.3) is 0 Å². The summed E-state index contributed by atoms with van der Waals surface area (Å²) in [4.78, 5) is 40.1. The Hall–Kier alpha value is -1.63. The lowest BCUT2D eigenvalue weighted by Crippen LogP contribution is -2.46. The molecule has 0 aromatic carbocycles. The number of likely N-dealkylation sites (tertiary alicyclic amines) is 1. The standard InChI is InChI=1S/C15H22N4O3/c20-12(18-7-10-5-16-6-11(10)8-18)9-19-13(21)15(17-14(19)22)3-1-2-4-15/h10-11,16H,1-9H2,(H,17,22)/t10-,11+. The molecule has 7 heteroatoms. The van der Waals surface area contributed by atoms with Crippen molar-refractivity contribution in [2.45, 2.75) is 31.2 Å². The zero-order chi connectivity index (χ0) is 15.3. The number of carbonyl (C=O) groups is 3. The van der Waals surface area contributed by atoms with E-state index < -0.39 is 11.6 Å². The second-order valence-electron chi connectivity index (χ2n) is 7.09. The van der Waals surface area contributed by atoms with Crippen molar-refractivity contribution in [2.75, 3.05) is 32.7 Å². The summed E-state index contributed by atoms with van der Waals surface area (Å²) in [6, 6.07) is -0.402. The van der Waals surface area contributed by atoms with Crippen LogP contribution in [0.4, 0.5) is 4.79 Å². The minimum Gasteiger partial charge on any atom is -0.340 e. The predicted octanol–water partition coefficient (Wildman–Crippen LogP) is -0.471. The molecular formula is C15H22N4O3. The number of nitrogens with zero attached hydrogens (tertiary/aromatic N) is 2. The first kappa shape index (κ1) is 14.0. The van der Waals surface area contributed by atoms with Crippen molar-refractivity contribution in [2.24, 2.45) is 11.8 Å². The first-order chi connectivity index (χ1) is 10.6. The number of hydrogen-bond acceptors (Lipinski definition) is 4. The highest BCUT2D eigenvalue weighted by molar-refractivity contribution is 6.09. The van der Waals surface area contributed by atoms with Crippen molar-refractivity contribution in [1.29, 1.82) is 0 Å². The molecular weight excluding hydrogens is 284 g/mol. The van der Waals surface area contributed by atoms with Crippen LogP contribution in [0.5, 0.6) is 0 Å². The van der Waals surface area contributed by atoms with Crippen LogP contribution in [-0.4, -0.2) is 65.9 Å². The van der Waals surface area contributed by atoms with Gasteiger partial charge in [0.05, 0.1) is 0 Å². The highest BCUT2D eigenvalue weighted by Crippen LogP contribution is 2.35. The molecule has 0 bridgehead atoms. The summed E-state index contributed by atoms with van der Waals surface area (Å²) in [5.41, 5.74) is -0.719. The maximum atomic E-state index is 12.5. The number of carbonyl (C=O) groups excluding carboxylic acids is 3. The van der Waals surface area contributed by atoms with E-state index in [2.05, 4.69) is 10.6 Å². The number of rotatable bonds is 2. The second-order valence-corrected chi connectivity index (χ2v) is 7.09. The smallest absolute Gasteiger partial charge is 0.325 e. The van der Waals surface area contributed by atoms with Gasteiger partial charge in [-0.15, -0.1) is 0 Å².